The number of fused-ring (bicyclic) bond motifs is 1. The van der Waals surface area contributed by atoms with Gasteiger partial charge in [-0.25, -0.2) is 4.79 Å². The number of rotatable bonds is 3. The minimum absolute atomic E-state index is 0.210. The molecule has 2 aromatic rings. The van der Waals surface area contributed by atoms with E-state index in [0.717, 1.165) is 6.08 Å². The molecule has 0 aliphatic rings. The van der Waals surface area contributed by atoms with E-state index in [1.807, 2.05) is 0 Å². The van der Waals surface area contributed by atoms with Crippen LogP contribution >= 0.6 is 0 Å². The van der Waals surface area contributed by atoms with Gasteiger partial charge in [0, 0.05) is 17.8 Å². The summed E-state index contributed by atoms with van der Waals surface area (Å²) in [6.07, 6.45) is 1.14. The van der Waals surface area contributed by atoms with Crippen molar-refractivity contribution in [3.8, 4) is 11.8 Å². The molecule has 0 unspecified atom stereocenters. The van der Waals surface area contributed by atoms with Crippen LogP contribution in [0.5, 0.6) is 5.75 Å². The van der Waals surface area contributed by atoms with E-state index in [4.69, 9.17) is 15.1 Å². The molecule has 0 amide bonds. The van der Waals surface area contributed by atoms with Crippen LogP contribution < -0.4 is 4.74 Å². The van der Waals surface area contributed by atoms with E-state index in [1.165, 1.54) is 6.92 Å². The van der Waals surface area contributed by atoms with Crippen molar-refractivity contribution in [2.75, 3.05) is 0 Å². The molecule has 100 valence electrons. The van der Waals surface area contributed by atoms with Crippen molar-refractivity contribution in [1.82, 2.24) is 4.98 Å². The minimum Gasteiger partial charge on any atom is -0.477 e. The summed E-state index contributed by atoms with van der Waals surface area (Å²) in [5.41, 5.74) is 0.489. The number of ether oxygens (including phenoxy) is 1. The lowest BCUT2D eigenvalue weighted by Crippen LogP contribution is -2.03. The smallest absolute Gasteiger partial charge is 0.346 e. The Bertz CT molecular complexity index is 765. The number of carboxylic acid groups (broad SMARTS) is 1. The van der Waals surface area contributed by atoms with Crippen LogP contribution in [0.3, 0.4) is 0 Å². The van der Waals surface area contributed by atoms with Gasteiger partial charge >= 0.3 is 11.9 Å². The van der Waals surface area contributed by atoms with Gasteiger partial charge in [-0.05, 0) is 18.2 Å². The number of aliphatic carboxylic acids is 1. The summed E-state index contributed by atoms with van der Waals surface area (Å²) in [4.78, 5) is 25.0. The van der Waals surface area contributed by atoms with E-state index < -0.39 is 17.5 Å². The van der Waals surface area contributed by atoms with E-state index in [2.05, 4.69) is 4.98 Å². The fourth-order valence-electron chi connectivity index (χ4n) is 1.78. The zero-order valence-electron chi connectivity index (χ0n) is 10.5. The second-order valence-electron chi connectivity index (χ2n) is 3.98. The monoisotopic (exact) mass is 270 g/mol. The predicted octanol–water partition coefficient (Wildman–Crippen LogP) is 2.08. The fourth-order valence-corrected chi connectivity index (χ4v) is 1.78. The van der Waals surface area contributed by atoms with E-state index in [-0.39, 0.29) is 11.4 Å². The Morgan fingerprint density at radius 1 is 1.40 bits per heavy atom. The maximum Gasteiger partial charge on any atom is 0.346 e. The summed E-state index contributed by atoms with van der Waals surface area (Å²) in [5.74, 6) is -1.67. The summed E-state index contributed by atoms with van der Waals surface area (Å²) in [5, 5.41) is 18.3. The molecule has 0 radical (unpaired) electrons. The molecule has 0 spiro atoms. The van der Waals surface area contributed by atoms with Crippen LogP contribution in [0.15, 0.2) is 29.8 Å². The number of nitrogens with zero attached hydrogens (tertiary/aromatic N) is 1. The third-order valence-electron chi connectivity index (χ3n) is 2.57. The summed E-state index contributed by atoms with van der Waals surface area (Å²) in [6, 6.07) is 8.61. The normalized spacial score (nSPS) is 11.1. The van der Waals surface area contributed by atoms with Crippen molar-refractivity contribution >= 4 is 28.9 Å². The molecule has 2 rings (SSSR count). The van der Waals surface area contributed by atoms with Gasteiger partial charge < -0.3 is 14.8 Å². The largest absolute Gasteiger partial charge is 0.477 e. The Morgan fingerprint density at radius 2 is 2.10 bits per heavy atom. The molecule has 0 saturated carbocycles. The molecule has 0 atom stereocenters. The molecule has 0 bridgehead atoms. The quantitative estimate of drug-likeness (QED) is 0.505. The number of aromatic nitrogens is 1. The van der Waals surface area contributed by atoms with Gasteiger partial charge in [0.25, 0.3) is 0 Å². The maximum absolute atomic E-state index is 11.2. The van der Waals surface area contributed by atoms with Gasteiger partial charge in [0.1, 0.15) is 11.6 Å². The summed E-state index contributed by atoms with van der Waals surface area (Å²) >= 11 is 0. The number of carbonyl (C=O) groups excluding carboxylic acids is 1. The van der Waals surface area contributed by atoms with Gasteiger partial charge in [0.2, 0.25) is 0 Å². The number of hydrogen-bond acceptors (Lipinski definition) is 4. The van der Waals surface area contributed by atoms with Gasteiger partial charge in [-0.15, -0.1) is 0 Å². The number of H-pyrrole nitrogens is 1. The van der Waals surface area contributed by atoms with Crippen LogP contribution in [0.2, 0.25) is 0 Å². The molecule has 2 N–H and O–H groups in total. The first kappa shape index (κ1) is 13.4. The van der Waals surface area contributed by atoms with Crippen LogP contribution in [-0.4, -0.2) is 22.0 Å². The van der Waals surface area contributed by atoms with Crippen LogP contribution in [0.1, 0.15) is 12.6 Å². The number of carboxylic acids is 1. The third-order valence-corrected chi connectivity index (χ3v) is 2.57. The summed E-state index contributed by atoms with van der Waals surface area (Å²) in [7, 11) is 0. The number of esters is 1. The standard InChI is InChI=1S/C14H10N2O4/c1-8(17)20-13-10-4-2-3-5-11(10)16-12(13)6-9(7-15)14(18)19/h2-6,16H,1H3,(H,18,19). The van der Waals surface area contributed by atoms with Crippen LogP contribution in [-0.2, 0) is 9.59 Å². The van der Waals surface area contributed by atoms with E-state index in [1.54, 1.807) is 30.3 Å². The van der Waals surface area contributed by atoms with Crippen molar-refractivity contribution in [3.63, 3.8) is 0 Å². The first-order valence-corrected chi connectivity index (χ1v) is 5.67. The van der Waals surface area contributed by atoms with Gasteiger partial charge in [0.15, 0.2) is 5.75 Å². The first-order valence-electron chi connectivity index (χ1n) is 5.67. The highest BCUT2D eigenvalue weighted by molar-refractivity contribution is 5.99. The van der Waals surface area contributed by atoms with E-state index >= 15 is 0 Å². The molecule has 0 aliphatic heterocycles. The maximum atomic E-state index is 11.2. The lowest BCUT2D eigenvalue weighted by molar-refractivity contribution is -0.132. The van der Waals surface area contributed by atoms with Gasteiger partial charge in [-0.1, -0.05) is 12.1 Å². The fraction of sp³-hybridized carbons (Fsp3) is 0.0714. The van der Waals surface area contributed by atoms with Crippen molar-refractivity contribution in [2.45, 2.75) is 6.92 Å². The predicted molar refractivity (Wildman–Crippen MR) is 70.8 cm³/mol. The number of hydrogen-bond donors (Lipinski definition) is 2. The third kappa shape index (κ3) is 2.52. The highest BCUT2D eigenvalue weighted by Gasteiger charge is 2.15. The van der Waals surface area contributed by atoms with Crippen LogP contribution in [0.4, 0.5) is 0 Å². The van der Waals surface area contributed by atoms with Gasteiger partial charge in [-0.2, -0.15) is 5.26 Å². The number of carbonyl (C=O) groups is 2. The number of nitriles is 1. The molecule has 0 saturated heterocycles. The Hall–Kier alpha value is -3.07. The molecule has 6 heteroatoms. The number of nitrogens with one attached hydrogen (secondary N) is 1. The number of para-hydroxylation sites is 1. The molecule has 0 fully saturated rings. The van der Waals surface area contributed by atoms with Crippen molar-refractivity contribution < 1.29 is 19.4 Å². The van der Waals surface area contributed by atoms with E-state index in [0.29, 0.717) is 10.9 Å². The zero-order chi connectivity index (χ0) is 14.7. The Kier molecular flexibility index (Phi) is 3.53. The number of aromatic amines is 1. The lowest BCUT2D eigenvalue weighted by Gasteiger charge is -2.01. The van der Waals surface area contributed by atoms with Gasteiger partial charge in [0.05, 0.1) is 5.69 Å². The molecule has 1 heterocycles. The Morgan fingerprint density at radius 3 is 2.70 bits per heavy atom. The first-order chi connectivity index (χ1) is 9.52. The molecule has 1 aromatic carbocycles. The average molecular weight is 270 g/mol. The van der Waals surface area contributed by atoms with Gasteiger partial charge in [-0.3, -0.25) is 4.79 Å². The molecule has 0 aliphatic carbocycles. The molecular weight excluding hydrogens is 260 g/mol. The second kappa shape index (κ2) is 5.28. The van der Waals surface area contributed by atoms with E-state index in [9.17, 15) is 9.59 Å². The zero-order valence-corrected chi connectivity index (χ0v) is 10.5. The highest BCUT2D eigenvalue weighted by Crippen LogP contribution is 2.31. The SMILES string of the molecule is CC(=O)Oc1c(C=C(C#N)C(=O)O)[nH]c2ccccc12. The second-order valence-corrected chi connectivity index (χ2v) is 3.98. The molecule has 6 nitrogen and oxygen atoms in total. The summed E-state index contributed by atoms with van der Waals surface area (Å²) in [6.45, 7) is 1.25. The van der Waals surface area contributed by atoms with Crippen LogP contribution in [0, 0.1) is 11.3 Å². The van der Waals surface area contributed by atoms with Crippen molar-refractivity contribution in [2.24, 2.45) is 0 Å². The molecule has 20 heavy (non-hydrogen) atoms. The summed E-state index contributed by atoms with van der Waals surface area (Å²) < 4.78 is 5.11. The number of benzene rings is 1. The molecular formula is C14H10N2O4. The highest BCUT2D eigenvalue weighted by atomic mass is 16.5. The lowest BCUT2D eigenvalue weighted by atomic mass is 10.2. The topological polar surface area (TPSA) is 103 Å². The minimum atomic E-state index is -1.35. The van der Waals surface area contributed by atoms with Crippen LogP contribution in [0.25, 0.3) is 17.0 Å². The Balaban J connectivity index is 2.66. The van der Waals surface area contributed by atoms with Crippen molar-refractivity contribution in [1.29, 1.82) is 5.26 Å². The van der Waals surface area contributed by atoms with Crippen molar-refractivity contribution in [3.05, 3.63) is 35.5 Å². The Labute approximate surface area is 113 Å². The molecule has 1 aromatic heterocycles. The average Bonchev–Trinajstić information content (AvgIpc) is 2.73.